The molecule has 4 nitrogen and oxygen atoms in total. The Morgan fingerprint density at radius 1 is 1.18 bits per heavy atom. The number of rotatable bonds is 6. The van der Waals surface area contributed by atoms with E-state index in [1.54, 1.807) is 0 Å². The molecule has 0 atom stereocenters. The van der Waals surface area contributed by atoms with Crippen LogP contribution in [0.2, 0.25) is 0 Å². The molecule has 0 spiro atoms. The van der Waals surface area contributed by atoms with Gasteiger partial charge in [-0.25, -0.2) is 4.79 Å². The summed E-state index contributed by atoms with van der Waals surface area (Å²) in [6, 6.07) is 2.83. The number of hydrogen-bond donors (Lipinski definition) is 3. The first-order chi connectivity index (χ1) is 8.07. The first kappa shape index (κ1) is 13.6. The van der Waals surface area contributed by atoms with Gasteiger partial charge in [-0.3, -0.25) is 0 Å². The number of carbonyl (C=O) groups is 1. The molecule has 0 aliphatic carbocycles. The van der Waals surface area contributed by atoms with Crippen LogP contribution in [0.5, 0.6) is 11.5 Å². The maximum atomic E-state index is 11.0. The lowest BCUT2D eigenvalue weighted by Gasteiger charge is -2.09. The molecule has 0 amide bonds. The number of phenols is 2. The summed E-state index contributed by atoms with van der Waals surface area (Å²) in [6.07, 6.45) is 3.14. The van der Waals surface area contributed by atoms with Crippen molar-refractivity contribution in [1.82, 2.24) is 0 Å². The van der Waals surface area contributed by atoms with Crippen LogP contribution in [0.1, 0.15) is 35.2 Å². The molecule has 0 aliphatic heterocycles. The summed E-state index contributed by atoms with van der Waals surface area (Å²) in [7, 11) is 0. The highest BCUT2D eigenvalue weighted by Gasteiger charge is 2.18. The zero-order chi connectivity index (χ0) is 12.8. The Morgan fingerprint density at radius 2 is 1.88 bits per heavy atom. The lowest BCUT2D eigenvalue weighted by atomic mass is 10.00. The van der Waals surface area contributed by atoms with Gasteiger partial charge in [0.15, 0.2) is 11.5 Å². The topological polar surface area (TPSA) is 77.8 Å². The van der Waals surface area contributed by atoms with Gasteiger partial charge >= 0.3 is 5.97 Å². The molecule has 94 valence electrons. The Morgan fingerprint density at radius 3 is 2.47 bits per heavy atom. The summed E-state index contributed by atoms with van der Waals surface area (Å²) >= 11 is 5.54. The van der Waals surface area contributed by atoms with E-state index in [-0.39, 0.29) is 5.56 Å². The third-order valence-electron chi connectivity index (χ3n) is 2.54. The van der Waals surface area contributed by atoms with Crippen LogP contribution in [0.15, 0.2) is 12.1 Å². The van der Waals surface area contributed by atoms with Crippen LogP contribution in [-0.4, -0.2) is 27.2 Å². The number of alkyl halides is 1. The first-order valence-corrected chi connectivity index (χ1v) is 5.94. The predicted molar refractivity (Wildman–Crippen MR) is 65.0 cm³/mol. The second-order valence-electron chi connectivity index (χ2n) is 3.77. The zero-order valence-electron chi connectivity index (χ0n) is 9.32. The summed E-state index contributed by atoms with van der Waals surface area (Å²) in [5, 5.41) is 27.7. The molecule has 0 saturated carbocycles. The quantitative estimate of drug-likeness (QED) is 0.417. The van der Waals surface area contributed by atoms with Crippen molar-refractivity contribution in [2.24, 2.45) is 0 Å². The van der Waals surface area contributed by atoms with E-state index in [0.29, 0.717) is 17.9 Å². The highest BCUT2D eigenvalue weighted by Crippen LogP contribution is 2.32. The smallest absolute Gasteiger partial charge is 0.339 e. The number of halogens is 1. The van der Waals surface area contributed by atoms with Crippen LogP contribution in [-0.2, 0) is 6.42 Å². The number of aromatic hydroxyl groups is 2. The summed E-state index contributed by atoms with van der Waals surface area (Å²) in [4.78, 5) is 11.0. The van der Waals surface area contributed by atoms with Gasteiger partial charge in [0.05, 0.1) is 0 Å². The Labute approximate surface area is 104 Å². The molecule has 0 fully saturated rings. The maximum absolute atomic E-state index is 11.0. The average molecular weight is 259 g/mol. The van der Waals surface area contributed by atoms with Gasteiger partial charge in [-0.1, -0.05) is 12.5 Å². The minimum Gasteiger partial charge on any atom is -0.504 e. The molecule has 0 unspecified atom stereocenters. The number of aryl methyl sites for hydroxylation is 1. The summed E-state index contributed by atoms with van der Waals surface area (Å²) in [5.74, 6) is -1.61. The van der Waals surface area contributed by atoms with Gasteiger partial charge in [0.1, 0.15) is 5.56 Å². The van der Waals surface area contributed by atoms with Crippen LogP contribution in [0.3, 0.4) is 0 Å². The van der Waals surface area contributed by atoms with Gasteiger partial charge < -0.3 is 15.3 Å². The molecule has 0 aromatic heterocycles. The van der Waals surface area contributed by atoms with E-state index in [9.17, 15) is 15.0 Å². The SMILES string of the molecule is O=C(O)c1c(CCCCCCl)ccc(O)c1O. The van der Waals surface area contributed by atoms with Crippen molar-refractivity contribution < 1.29 is 20.1 Å². The monoisotopic (exact) mass is 258 g/mol. The number of unbranched alkanes of at least 4 members (excludes halogenated alkanes) is 2. The molecule has 3 N–H and O–H groups in total. The van der Waals surface area contributed by atoms with Crippen LogP contribution in [0.4, 0.5) is 0 Å². The average Bonchev–Trinajstić information content (AvgIpc) is 2.28. The van der Waals surface area contributed by atoms with Gasteiger partial charge in [0.2, 0.25) is 0 Å². The number of aromatic carboxylic acids is 1. The normalized spacial score (nSPS) is 10.4. The highest BCUT2D eigenvalue weighted by atomic mass is 35.5. The molecule has 1 aromatic carbocycles. The van der Waals surface area contributed by atoms with Crippen molar-refractivity contribution in [2.45, 2.75) is 25.7 Å². The van der Waals surface area contributed by atoms with E-state index >= 15 is 0 Å². The molecular formula is C12H15ClO4. The Hall–Kier alpha value is -1.42. The van der Waals surface area contributed by atoms with Crippen molar-refractivity contribution in [3.05, 3.63) is 23.3 Å². The number of carboxylic acid groups (broad SMARTS) is 1. The van der Waals surface area contributed by atoms with E-state index in [2.05, 4.69) is 0 Å². The summed E-state index contributed by atoms with van der Waals surface area (Å²) < 4.78 is 0. The third kappa shape index (κ3) is 3.53. The Kier molecular flexibility index (Phi) is 5.10. The number of benzene rings is 1. The van der Waals surface area contributed by atoms with Crippen LogP contribution in [0.25, 0.3) is 0 Å². The fourth-order valence-corrected chi connectivity index (χ4v) is 1.84. The second-order valence-corrected chi connectivity index (χ2v) is 4.15. The molecule has 0 aliphatic rings. The Bertz CT molecular complexity index is 404. The van der Waals surface area contributed by atoms with Crippen LogP contribution in [0, 0.1) is 0 Å². The first-order valence-electron chi connectivity index (χ1n) is 5.41. The molecule has 0 heterocycles. The number of phenolic OH excluding ortho intramolecular Hbond substituents is 1. The van der Waals surface area contributed by atoms with Gasteiger partial charge in [-0.05, 0) is 30.9 Å². The molecule has 5 heteroatoms. The lowest BCUT2D eigenvalue weighted by Crippen LogP contribution is -2.03. The molecule has 0 radical (unpaired) electrons. The fourth-order valence-electron chi connectivity index (χ4n) is 1.66. The second kappa shape index (κ2) is 6.35. The van der Waals surface area contributed by atoms with Crippen molar-refractivity contribution in [3.63, 3.8) is 0 Å². The standard InChI is InChI=1S/C12H15ClO4/c13-7-3-1-2-4-8-5-6-9(14)11(15)10(8)12(16)17/h5-6,14-15H,1-4,7H2,(H,16,17). The highest BCUT2D eigenvalue weighted by molar-refractivity contribution is 6.17. The third-order valence-corrected chi connectivity index (χ3v) is 2.80. The molecular weight excluding hydrogens is 244 g/mol. The maximum Gasteiger partial charge on any atom is 0.339 e. The summed E-state index contributed by atoms with van der Waals surface area (Å²) in [6.45, 7) is 0. The fraction of sp³-hybridized carbons (Fsp3) is 0.417. The van der Waals surface area contributed by atoms with Gasteiger partial charge in [-0.2, -0.15) is 0 Å². The van der Waals surface area contributed by atoms with Crippen molar-refractivity contribution >= 4 is 17.6 Å². The van der Waals surface area contributed by atoms with Gasteiger partial charge in [0.25, 0.3) is 0 Å². The predicted octanol–water partition coefficient (Wildman–Crippen LogP) is 2.75. The van der Waals surface area contributed by atoms with Crippen molar-refractivity contribution in [2.75, 3.05) is 5.88 Å². The van der Waals surface area contributed by atoms with E-state index in [1.807, 2.05) is 0 Å². The van der Waals surface area contributed by atoms with E-state index in [4.69, 9.17) is 16.7 Å². The molecule has 0 bridgehead atoms. The number of hydrogen-bond acceptors (Lipinski definition) is 3. The van der Waals surface area contributed by atoms with Crippen LogP contribution >= 0.6 is 11.6 Å². The zero-order valence-corrected chi connectivity index (χ0v) is 10.1. The molecule has 1 aromatic rings. The van der Waals surface area contributed by atoms with E-state index in [0.717, 1.165) is 19.3 Å². The molecule has 17 heavy (non-hydrogen) atoms. The van der Waals surface area contributed by atoms with Gasteiger partial charge in [0, 0.05) is 5.88 Å². The molecule has 0 saturated heterocycles. The number of carboxylic acids is 1. The molecule has 1 rings (SSSR count). The minimum atomic E-state index is -1.23. The lowest BCUT2D eigenvalue weighted by molar-refractivity contribution is 0.0691. The summed E-state index contributed by atoms with van der Waals surface area (Å²) in [5.41, 5.74) is 0.318. The minimum absolute atomic E-state index is 0.212. The Balaban J connectivity index is 2.84. The van der Waals surface area contributed by atoms with E-state index in [1.165, 1.54) is 12.1 Å². The van der Waals surface area contributed by atoms with E-state index < -0.39 is 17.5 Å². The largest absolute Gasteiger partial charge is 0.504 e. The van der Waals surface area contributed by atoms with Crippen molar-refractivity contribution in [1.29, 1.82) is 0 Å². The van der Waals surface area contributed by atoms with Crippen molar-refractivity contribution in [3.8, 4) is 11.5 Å². The van der Waals surface area contributed by atoms with Crippen LogP contribution < -0.4 is 0 Å². The van der Waals surface area contributed by atoms with Gasteiger partial charge in [-0.15, -0.1) is 11.6 Å².